The van der Waals surface area contributed by atoms with Crippen LogP contribution in [-0.4, -0.2) is 17.1 Å². The molecule has 2 aliphatic rings. The van der Waals surface area contributed by atoms with E-state index in [0.717, 1.165) is 38.5 Å². The van der Waals surface area contributed by atoms with Crippen LogP contribution in [0.25, 0.3) is 0 Å². The molecule has 0 unspecified atom stereocenters. The van der Waals surface area contributed by atoms with Crippen molar-refractivity contribution in [3.63, 3.8) is 0 Å². The Bertz CT molecular complexity index is 211. The summed E-state index contributed by atoms with van der Waals surface area (Å²) in [4.78, 5) is 10.6. The molecule has 0 aromatic heterocycles. The van der Waals surface area contributed by atoms with Gasteiger partial charge in [-0.2, -0.15) is 0 Å². The summed E-state index contributed by atoms with van der Waals surface area (Å²) in [5, 5.41) is 8.77. The third-order valence-electron chi connectivity index (χ3n) is 3.80. The van der Waals surface area contributed by atoms with Gasteiger partial charge < -0.3 is 10.8 Å². The topological polar surface area (TPSA) is 63.3 Å². The number of hydrogen-bond donors (Lipinski definition) is 2. The average molecular weight is 183 g/mol. The summed E-state index contributed by atoms with van der Waals surface area (Å²) in [5.74, 6) is -0.671. The quantitative estimate of drug-likeness (QED) is 0.645. The highest BCUT2D eigenvalue weighted by atomic mass is 16.4. The molecule has 0 aromatic carbocycles. The Morgan fingerprint density at radius 3 is 2.31 bits per heavy atom. The Labute approximate surface area is 78.3 Å². The number of carboxylic acids is 1. The fraction of sp³-hybridized carbons (Fsp3) is 0.900. The first kappa shape index (κ1) is 9.00. The second-order valence-corrected chi connectivity index (χ2v) is 4.78. The molecule has 0 aliphatic heterocycles. The summed E-state index contributed by atoms with van der Waals surface area (Å²) >= 11 is 0. The number of hydrogen-bond acceptors (Lipinski definition) is 2. The van der Waals surface area contributed by atoms with Crippen molar-refractivity contribution in [2.45, 2.75) is 44.6 Å². The van der Waals surface area contributed by atoms with Crippen molar-refractivity contribution >= 4 is 5.97 Å². The Kier molecular flexibility index (Phi) is 2.06. The smallest absolute Gasteiger partial charge is 0.306 e. The second kappa shape index (κ2) is 2.98. The molecule has 2 rings (SSSR count). The van der Waals surface area contributed by atoms with Gasteiger partial charge in [0.25, 0.3) is 0 Å². The van der Waals surface area contributed by atoms with Crippen LogP contribution in [0.5, 0.6) is 0 Å². The molecule has 0 bridgehead atoms. The number of rotatable bonds is 1. The average Bonchev–Trinajstić information content (AvgIpc) is 2.02. The van der Waals surface area contributed by atoms with Crippen LogP contribution in [0.4, 0.5) is 0 Å². The van der Waals surface area contributed by atoms with Crippen LogP contribution in [0, 0.1) is 11.3 Å². The van der Waals surface area contributed by atoms with Gasteiger partial charge in [0.05, 0.1) is 5.92 Å². The third kappa shape index (κ3) is 1.57. The molecular weight excluding hydrogens is 166 g/mol. The van der Waals surface area contributed by atoms with Gasteiger partial charge in [-0.25, -0.2) is 0 Å². The van der Waals surface area contributed by atoms with E-state index in [4.69, 9.17) is 10.8 Å². The van der Waals surface area contributed by atoms with Gasteiger partial charge in [0.2, 0.25) is 0 Å². The maximum Gasteiger partial charge on any atom is 0.306 e. The molecule has 0 saturated heterocycles. The van der Waals surface area contributed by atoms with Crippen molar-refractivity contribution in [3.8, 4) is 0 Å². The number of aliphatic carboxylic acids is 1. The van der Waals surface area contributed by atoms with Gasteiger partial charge >= 0.3 is 5.97 Å². The van der Waals surface area contributed by atoms with Gasteiger partial charge in [0.15, 0.2) is 0 Å². The lowest BCUT2D eigenvalue weighted by atomic mass is 9.55. The Hall–Kier alpha value is -0.570. The maximum atomic E-state index is 10.6. The molecule has 0 radical (unpaired) electrons. The molecule has 0 amide bonds. The van der Waals surface area contributed by atoms with Crippen LogP contribution in [0.3, 0.4) is 0 Å². The van der Waals surface area contributed by atoms with Gasteiger partial charge in [0.1, 0.15) is 0 Å². The minimum Gasteiger partial charge on any atom is -0.481 e. The molecule has 0 heterocycles. The largest absolute Gasteiger partial charge is 0.481 e. The normalized spacial score (nSPS) is 44.4. The molecule has 0 atom stereocenters. The monoisotopic (exact) mass is 183 g/mol. The Morgan fingerprint density at radius 2 is 1.85 bits per heavy atom. The first-order valence-electron chi connectivity index (χ1n) is 5.10. The van der Waals surface area contributed by atoms with Crippen LogP contribution >= 0.6 is 0 Å². The summed E-state index contributed by atoms with van der Waals surface area (Å²) in [6.45, 7) is 0. The van der Waals surface area contributed by atoms with Crippen molar-refractivity contribution in [3.05, 3.63) is 0 Å². The standard InChI is InChI=1S/C10H17NO2/c11-8-1-3-10(4-2-8)5-7(6-10)9(12)13/h7-8H,1-6,11H2,(H,12,13). The lowest BCUT2D eigenvalue weighted by Gasteiger charge is -2.49. The fourth-order valence-electron chi connectivity index (χ4n) is 2.82. The minimum absolute atomic E-state index is 0.0608. The minimum atomic E-state index is -0.611. The summed E-state index contributed by atoms with van der Waals surface area (Å²) in [7, 11) is 0. The second-order valence-electron chi connectivity index (χ2n) is 4.78. The van der Waals surface area contributed by atoms with Crippen LogP contribution in [-0.2, 0) is 4.79 Å². The van der Waals surface area contributed by atoms with Crippen molar-refractivity contribution < 1.29 is 9.90 Å². The van der Waals surface area contributed by atoms with E-state index in [1.807, 2.05) is 0 Å². The predicted molar refractivity (Wildman–Crippen MR) is 49.2 cm³/mol. The summed E-state index contributed by atoms with van der Waals surface area (Å²) in [5.41, 5.74) is 6.19. The van der Waals surface area contributed by atoms with Gasteiger partial charge in [0, 0.05) is 6.04 Å². The molecule has 74 valence electrons. The van der Waals surface area contributed by atoms with Gasteiger partial charge in [-0.05, 0) is 43.9 Å². The lowest BCUT2D eigenvalue weighted by molar-refractivity contribution is -0.151. The first-order chi connectivity index (χ1) is 6.11. The highest BCUT2D eigenvalue weighted by Crippen LogP contribution is 2.54. The molecule has 3 heteroatoms. The van der Waals surface area contributed by atoms with Gasteiger partial charge in [-0.15, -0.1) is 0 Å². The molecule has 3 N–H and O–H groups in total. The van der Waals surface area contributed by atoms with E-state index in [-0.39, 0.29) is 5.92 Å². The van der Waals surface area contributed by atoms with Crippen LogP contribution in [0.15, 0.2) is 0 Å². The fourth-order valence-corrected chi connectivity index (χ4v) is 2.82. The molecule has 3 nitrogen and oxygen atoms in total. The maximum absolute atomic E-state index is 10.6. The van der Waals surface area contributed by atoms with E-state index in [1.165, 1.54) is 0 Å². The summed E-state index contributed by atoms with van der Waals surface area (Å²) in [6.07, 6.45) is 6.28. The predicted octanol–water partition coefficient (Wildman–Crippen LogP) is 1.37. The van der Waals surface area contributed by atoms with Gasteiger partial charge in [-0.3, -0.25) is 4.79 Å². The molecule has 13 heavy (non-hydrogen) atoms. The summed E-state index contributed by atoms with van der Waals surface area (Å²) in [6, 6.07) is 0.370. The zero-order valence-electron chi connectivity index (χ0n) is 7.83. The molecule has 2 fully saturated rings. The summed E-state index contributed by atoms with van der Waals surface area (Å²) < 4.78 is 0. The molecule has 0 aromatic rings. The van der Waals surface area contributed by atoms with Crippen LogP contribution < -0.4 is 5.73 Å². The van der Waals surface area contributed by atoms with E-state index in [9.17, 15) is 4.79 Å². The number of carboxylic acid groups (broad SMARTS) is 1. The molecule has 2 aliphatic carbocycles. The first-order valence-corrected chi connectivity index (χ1v) is 5.10. The van der Waals surface area contributed by atoms with Crippen molar-refractivity contribution in [1.29, 1.82) is 0 Å². The molecule has 1 spiro atoms. The van der Waals surface area contributed by atoms with E-state index < -0.39 is 5.97 Å². The zero-order chi connectivity index (χ0) is 9.47. The zero-order valence-corrected chi connectivity index (χ0v) is 7.83. The van der Waals surface area contributed by atoms with Crippen LogP contribution in [0.2, 0.25) is 0 Å². The van der Waals surface area contributed by atoms with E-state index in [2.05, 4.69) is 0 Å². The Morgan fingerprint density at radius 1 is 1.31 bits per heavy atom. The molecule has 2 saturated carbocycles. The van der Waals surface area contributed by atoms with Crippen LogP contribution in [0.1, 0.15) is 38.5 Å². The Balaban J connectivity index is 1.86. The van der Waals surface area contributed by atoms with Crippen molar-refractivity contribution in [2.75, 3.05) is 0 Å². The number of nitrogens with two attached hydrogens (primary N) is 1. The number of carbonyl (C=O) groups is 1. The highest BCUT2D eigenvalue weighted by molar-refractivity contribution is 5.71. The molecular formula is C10H17NO2. The van der Waals surface area contributed by atoms with Gasteiger partial charge in [-0.1, -0.05) is 0 Å². The van der Waals surface area contributed by atoms with E-state index >= 15 is 0 Å². The lowest BCUT2D eigenvalue weighted by Crippen LogP contribution is -2.45. The third-order valence-corrected chi connectivity index (χ3v) is 3.80. The highest BCUT2D eigenvalue weighted by Gasteiger charge is 2.48. The van der Waals surface area contributed by atoms with E-state index in [1.54, 1.807) is 0 Å². The van der Waals surface area contributed by atoms with Crippen molar-refractivity contribution in [1.82, 2.24) is 0 Å². The SMILES string of the molecule is NC1CCC2(CC1)CC(C(=O)O)C2. The van der Waals surface area contributed by atoms with Crippen molar-refractivity contribution in [2.24, 2.45) is 17.1 Å². The van der Waals surface area contributed by atoms with E-state index in [0.29, 0.717) is 11.5 Å².